The van der Waals surface area contributed by atoms with Crippen molar-refractivity contribution in [3.05, 3.63) is 182 Å². The van der Waals surface area contributed by atoms with Crippen LogP contribution in [0.4, 0.5) is 17.1 Å². The van der Waals surface area contributed by atoms with Crippen LogP contribution >= 0.6 is 0 Å². The maximum Gasteiger partial charge on any atom is 0.0970 e. The van der Waals surface area contributed by atoms with Gasteiger partial charge in [-0.2, -0.15) is 0 Å². The number of aromatic nitrogens is 3. The van der Waals surface area contributed by atoms with Crippen molar-refractivity contribution in [3.8, 4) is 22.4 Å². The number of nitrogens with zero attached hydrogens (tertiary/aromatic N) is 4. The summed E-state index contributed by atoms with van der Waals surface area (Å²) in [5, 5.41) is 7.95. The van der Waals surface area contributed by atoms with Crippen LogP contribution in [0, 0.1) is 0 Å². The Morgan fingerprint density at radius 3 is 1.80 bits per heavy atom. The van der Waals surface area contributed by atoms with E-state index in [0.29, 0.717) is 0 Å². The SMILES string of the molecule is c1ccc(-c2nc3c(N(c4ccccc4)c4ccccc4)cccc3c3c2ccc2c(-c4ccnc5c4ccc4cccnc45)cccc23)cc1. The zero-order chi connectivity index (χ0) is 33.7. The van der Waals surface area contributed by atoms with Crippen molar-refractivity contribution in [2.75, 3.05) is 4.90 Å². The number of fused-ring (bicyclic) bond motifs is 8. The molecule has 0 radical (unpaired) electrons. The summed E-state index contributed by atoms with van der Waals surface area (Å²) in [6.45, 7) is 0. The zero-order valence-electron chi connectivity index (χ0n) is 27.6. The lowest BCUT2D eigenvalue weighted by atomic mass is 9.90. The highest BCUT2D eigenvalue weighted by Gasteiger charge is 2.21. The standard InChI is InChI=1S/C47H30N4/c1-4-13-31(14-5-1)44-41-27-26-36-35(37-28-30-49-47-39(37)25-24-32-15-12-29-48-45(32)47)20-10-21-38(36)43(41)40-22-11-23-42(46(40)50-44)51(33-16-6-2-7-17-33)34-18-8-3-9-19-34/h1-30H. The number of anilines is 3. The minimum atomic E-state index is 0.913. The summed E-state index contributed by atoms with van der Waals surface area (Å²) >= 11 is 0. The fourth-order valence-electron chi connectivity index (χ4n) is 7.67. The topological polar surface area (TPSA) is 41.9 Å². The van der Waals surface area contributed by atoms with Gasteiger partial charge in [0, 0.05) is 56.3 Å². The fraction of sp³-hybridized carbons (Fsp3) is 0. The first kappa shape index (κ1) is 29.0. The molecular formula is C47H30N4. The normalized spacial score (nSPS) is 11.5. The number of benzene rings is 7. The molecule has 10 aromatic rings. The molecule has 0 fully saturated rings. The molecule has 238 valence electrons. The van der Waals surface area contributed by atoms with E-state index in [9.17, 15) is 0 Å². The smallest absolute Gasteiger partial charge is 0.0970 e. The molecule has 10 rings (SSSR count). The van der Waals surface area contributed by atoms with E-state index >= 15 is 0 Å². The molecule has 0 aliphatic carbocycles. The maximum atomic E-state index is 5.55. The van der Waals surface area contributed by atoms with Crippen molar-refractivity contribution < 1.29 is 0 Å². The van der Waals surface area contributed by atoms with Gasteiger partial charge in [-0.05, 0) is 64.4 Å². The van der Waals surface area contributed by atoms with Crippen LogP contribution in [0.3, 0.4) is 0 Å². The molecule has 4 nitrogen and oxygen atoms in total. The van der Waals surface area contributed by atoms with E-state index in [1.54, 1.807) is 0 Å². The van der Waals surface area contributed by atoms with E-state index in [4.69, 9.17) is 15.0 Å². The van der Waals surface area contributed by atoms with E-state index in [1.807, 2.05) is 18.5 Å². The third kappa shape index (κ3) is 4.72. The minimum absolute atomic E-state index is 0.913. The molecule has 0 N–H and O–H groups in total. The highest BCUT2D eigenvalue weighted by Crippen LogP contribution is 2.45. The lowest BCUT2D eigenvalue weighted by Crippen LogP contribution is -2.11. The van der Waals surface area contributed by atoms with Gasteiger partial charge in [-0.25, -0.2) is 4.98 Å². The fourth-order valence-corrected chi connectivity index (χ4v) is 7.67. The first-order chi connectivity index (χ1) is 25.3. The highest BCUT2D eigenvalue weighted by molar-refractivity contribution is 6.26. The summed E-state index contributed by atoms with van der Waals surface area (Å²) in [7, 11) is 0. The lowest BCUT2D eigenvalue weighted by Gasteiger charge is -2.27. The van der Waals surface area contributed by atoms with Crippen LogP contribution in [0.15, 0.2) is 182 Å². The van der Waals surface area contributed by atoms with Gasteiger partial charge in [-0.15, -0.1) is 0 Å². The summed E-state index contributed by atoms with van der Waals surface area (Å²) in [6, 6.07) is 59.9. The van der Waals surface area contributed by atoms with Crippen molar-refractivity contribution in [2.45, 2.75) is 0 Å². The van der Waals surface area contributed by atoms with Crippen molar-refractivity contribution in [2.24, 2.45) is 0 Å². The third-order valence-corrected chi connectivity index (χ3v) is 9.91. The molecule has 0 aliphatic heterocycles. The summed E-state index contributed by atoms with van der Waals surface area (Å²) < 4.78 is 0. The Balaban J connectivity index is 1.31. The van der Waals surface area contributed by atoms with E-state index in [2.05, 4.69) is 169 Å². The Kier molecular flexibility index (Phi) is 6.78. The van der Waals surface area contributed by atoms with Crippen molar-refractivity contribution in [3.63, 3.8) is 0 Å². The van der Waals surface area contributed by atoms with Gasteiger partial charge in [-0.3, -0.25) is 9.97 Å². The second-order valence-corrected chi connectivity index (χ2v) is 12.8. The molecule has 0 bridgehead atoms. The average molecular weight is 651 g/mol. The molecule has 0 spiro atoms. The molecule has 0 atom stereocenters. The number of hydrogen-bond donors (Lipinski definition) is 0. The third-order valence-electron chi connectivity index (χ3n) is 9.91. The molecule has 0 aliphatic rings. The molecule has 0 saturated carbocycles. The van der Waals surface area contributed by atoms with Gasteiger partial charge >= 0.3 is 0 Å². The molecule has 0 saturated heterocycles. The summed E-state index contributed by atoms with van der Waals surface area (Å²) in [5.74, 6) is 0. The molecule has 0 amide bonds. The van der Waals surface area contributed by atoms with Crippen LogP contribution in [0.2, 0.25) is 0 Å². The largest absolute Gasteiger partial charge is 0.308 e. The van der Waals surface area contributed by atoms with Crippen molar-refractivity contribution >= 4 is 71.3 Å². The van der Waals surface area contributed by atoms with Crippen LogP contribution in [0.25, 0.3) is 76.6 Å². The van der Waals surface area contributed by atoms with Crippen LogP contribution in [-0.2, 0) is 0 Å². The molecular weight excluding hydrogens is 621 g/mol. The van der Waals surface area contributed by atoms with E-state index < -0.39 is 0 Å². The second-order valence-electron chi connectivity index (χ2n) is 12.8. The first-order valence-electron chi connectivity index (χ1n) is 17.2. The Morgan fingerprint density at radius 2 is 1.02 bits per heavy atom. The number of hydrogen-bond acceptors (Lipinski definition) is 4. The first-order valence-corrected chi connectivity index (χ1v) is 17.2. The van der Waals surface area contributed by atoms with Gasteiger partial charge in [0.2, 0.25) is 0 Å². The van der Waals surface area contributed by atoms with E-state index in [1.165, 1.54) is 16.2 Å². The summed E-state index contributed by atoms with van der Waals surface area (Å²) in [6.07, 6.45) is 3.75. The molecule has 0 unspecified atom stereocenters. The average Bonchev–Trinajstić information content (AvgIpc) is 3.21. The van der Waals surface area contributed by atoms with Gasteiger partial charge in [0.25, 0.3) is 0 Å². The predicted molar refractivity (Wildman–Crippen MR) is 213 cm³/mol. The monoisotopic (exact) mass is 650 g/mol. The van der Waals surface area contributed by atoms with Gasteiger partial charge in [0.05, 0.1) is 27.9 Å². The molecule has 7 aromatic carbocycles. The summed E-state index contributed by atoms with van der Waals surface area (Å²) in [4.78, 5) is 17.4. The maximum absolute atomic E-state index is 5.55. The van der Waals surface area contributed by atoms with Gasteiger partial charge in [0.15, 0.2) is 0 Å². The predicted octanol–water partition coefficient (Wildman–Crippen LogP) is 12.4. The highest BCUT2D eigenvalue weighted by atomic mass is 15.1. The van der Waals surface area contributed by atoms with Gasteiger partial charge in [-0.1, -0.05) is 127 Å². The van der Waals surface area contributed by atoms with Crippen LogP contribution in [0.5, 0.6) is 0 Å². The van der Waals surface area contributed by atoms with E-state index in [-0.39, 0.29) is 0 Å². The van der Waals surface area contributed by atoms with Crippen LogP contribution in [-0.4, -0.2) is 15.0 Å². The van der Waals surface area contributed by atoms with Crippen molar-refractivity contribution in [1.82, 2.24) is 15.0 Å². The second kappa shape index (κ2) is 11.9. The Labute approximate surface area is 294 Å². The van der Waals surface area contributed by atoms with Gasteiger partial charge in [0.1, 0.15) is 0 Å². The van der Waals surface area contributed by atoms with Gasteiger partial charge < -0.3 is 4.90 Å². The van der Waals surface area contributed by atoms with Crippen LogP contribution in [0.1, 0.15) is 0 Å². The van der Waals surface area contributed by atoms with Crippen molar-refractivity contribution in [1.29, 1.82) is 0 Å². The summed E-state index contributed by atoms with van der Waals surface area (Å²) in [5.41, 5.74) is 10.3. The quantitative estimate of drug-likeness (QED) is 0.174. The zero-order valence-corrected chi connectivity index (χ0v) is 27.6. The molecule has 51 heavy (non-hydrogen) atoms. The molecule has 3 heterocycles. The number of rotatable bonds is 5. The molecule has 4 heteroatoms. The Bertz CT molecular complexity index is 2870. The number of para-hydroxylation sites is 3. The van der Waals surface area contributed by atoms with Crippen LogP contribution < -0.4 is 4.90 Å². The Hall–Kier alpha value is -6.91. The number of pyridine rings is 3. The van der Waals surface area contributed by atoms with E-state index in [0.717, 1.165) is 77.5 Å². The molecule has 3 aromatic heterocycles. The lowest BCUT2D eigenvalue weighted by molar-refractivity contribution is 1.28. The minimum Gasteiger partial charge on any atom is -0.308 e. The Morgan fingerprint density at radius 1 is 0.373 bits per heavy atom.